The van der Waals surface area contributed by atoms with Crippen molar-refractivity contribution in [1.29, 1.82) is 0 Å². The summed E-state index contributed by atoms with van der Waals surface area (Å²) in [5, 5.41) is 8.49. The van der Waals surface area contributed by atoms with E-state index < -0.39 is 5.97 Å². The molecule has 3 nitrogen and oxygen atoms in total. The van der Waals surface area contributed by atoms with Crippen LogP contribution < -0.4 is 35.3 Å². The van der Waals surface area contributed by atoms with Crippen LogP contribution in [0.3, 0.4) is 0 Å². The fourth-order valence-electron chi connectivity index (χ4n) is 0.692. The third-order valence-corrected chi connectivity index (χ3v) is 1.19. The van der Waals surface area contributed by atoms with Crippen molar-refractivity contribution in [2.75, 3.05) is 5.73 Å². The standard InChI is InChI=1S/C7H7NO2.Na.H/c8-6-4-2-1-3-5(6)7(9)10;;/h1-4H,8H2,(H,9,10);;/q;+1;-1. The summed E-state index contributed by atoms with van der Waals surface area (Å²) in [5.74, 6) is -0.988. The maximum Gasteiger partial charge on any atom is 1.00 e. The fraction of sp³-hybridized carbons (Fsp3) is 0. The van der Waals surface area contributed by atoms with E-state index in [1.54, 1.807) is 18.2 Å². The molecule has 1 aromatic carbocycles. The molecule has 4 heteroatoms. The van der Waals surface area contributed by atoms with E-state index in [-0.39, 0.29) is 36.5 Å². The molecule has 3 N–H and O–H groups in total. The Balaban J connectivity index is 0. The maximum atomic E-state index is 10.3. The number of rotatable bonds is 1. The van der Waals surface area contributed by atoms with Crippen LogP contribution in [0, 0.1) is 0 Å². The summed E-state index contributed by atoms with van der Waals surface area (Å²) in [5.41, 5.74) is 5.80. The van der Waals surface area contributed by atoms with Crippen LogP contribution in [0.4, 0.5) is 5.69 Å². The van der Waals surface area contributed by atoms with Crippen molar-refractivity contribution in [3.05, 3.63) is 29.8 Å². The first kappa shape index (κ1) is 10.5. The molecule has 0 atom stereocenters. The number of carboxylic acids is 1. The molecule has 0 aliphatic carbocycles. The average molecular weight is 161 g/mol. The van der Waals surface area contributed by atoms with Crippen LogP contribution >= 0.6 is 0 Å². The summed E-state index contributed by atoms with van der Waals surface area (Å²) >= 11 is 0. The molecular formula is C7H8NNaO2. The number of nitrogen functional groups attached to an aromatic ring is 1. The van der Waals surface area contributed by atoms with Gasteiger partial charge in [0, 0.05) is 5.69 Å². The molecule has 0 heterocycles. The van der Waals surface area contributed by atoms with Gasteiger partial charge in [-0.15, -0.1) is 0 Å². The first-order valence-electron chi connectivity index (χ1n) is 2.79. The maximum absolute atomic E-state index is 10.3. The van der Waals surface area contributed by atoms with Crippen molar-refractivity contribution in [2.24, 2.45) is 0 Å². The van der Waals surface area contributed by atoms with Crippen LogP contribution in [0.1, 0.15) is 11.8 Å². The Morgan fingerprint density at radius 1 is 1.45 bits per heavy atom. The fourth-order valence-corrected chi connectivity index (χ4v) is 0.692. The summed E-state index contributed by atoms with van der Waals surface area (Å²) in [6.07, 6.45) is 0. The van der Waals surface area contributed by atoms with Crippen LogP contribution in [0.15, 0.2) is 24.3 Å². The number of anilines is 1. The minimum atomic E-state index is -0.988. The van der Waals surface area contributed by atoms with Crippen LogP contribution in [0.2, 0.25) is 0 Å². The van der Waals surface area contributed by atoms with Gasteiger partial charge in [0.25, 0.3) is 0 Å². The zero-order valence-electron chi connectivity index (χ0n) is 7.24. The predicted octanol–water partition coefficient (Wildman–Crippen LogP) is -1.92. The number of carboxylic acid groups (broad SMARTS) is 1. The molecule has 1 rings (SSSR count). The van der Waals surface area contributed by atoms with Crippen molar-refractivity contribution < 1.29 is 40.9 Å². The van der Waals surface area contributed by atoms with Gasteiger partial charge in [-0.05, 0) is 12.1 Å². The summed E-state index contributed by atoms with van der Waals surface area (Å²) in [6, 6.07) is 6.36. The first-order valence-corrected chi connectivity index (χ1v) is 2.79. The molecular weight excluding hydrogens is 153 g/mol. The molecule has 0 aliphatic heterocycles. The Bertz CT molecular complexity index is 267. The number of aromatic carboxylic acids is 1. The zero-order valence-corrected chi connectivity index (χ0v) is 8.24. The molecule has 0 spiro atoms. The Labute approximate surface area is 88.0 Å². The van der Waals surface area contributed by atoms with E-state index in [4.69, 9.17) is 10.8 Å². The molecule has 0 aromatic heterocycles. The van der Waals surface area contributed by atoms with Gasteiger partial charge in [0.05, 0.1) is 5.56 Å². The molecule has 0 radical (unpaired) electrons. The minimum absolute atomic E-state index is 0. The third kappa shape index (κ3) is 2.54. The minimum Gasteiger partial charge on any atom is -1.00 e. The van der Waals surface area contributed by atoms with Crippen LogP contribution in [-0.2, 0) is 0 Å². The van der Waals surface area contributed by atoms with Gasteiger partial charge in [0.2, 0.25) is 0 Å². The van der Waals surface area contributed by atoms with Gasteiger partial charge in [0.15, 0.2) is 0 Å². The Morgan fingerprint density at radius 2 is 2.00 bits per heavy atom. The quantitative estimate of drug-likeness (QED) is 0.373. The SMILES string of the molecule is Nc1ccccc1C(=O)O.[H-].[Na+]. The molecule has 0 bridgehead atoms. The van der Waals surface area contributed by atoms with Crippen molar-refractivity contribution in [2.45, 2.75) is 0 Å². The second kappa shape index (κ2) is 4.38. The Kier molecular flexibility index (Phi) is 4.18. The number of benzene rings is 1. The van der Waals surface area contributed by atoms with Crippen molar-refractivity contribution in [3.63, 3.8) is 0 Å². The zero-order chi connectivity index (χ0) is 7.56. The van der Waals surface area contributed by atoms with Crippen molar-refractivity contribution in [1.82, 2.24) is 0 Å². The molecule has 0 saturated heterocycles. The molecule has 0 aliphatic rings. The molecule has 11 heavy (non-hydrogen) atoms. The van der Waals surface area contributed by atoms with Crippen LogP contribution in [0.25, 0.3) is 0 Å². The van der Waals surface area contributed by atoms with Crippen molar-refractivity contribution in [3.8, 4) is 0 Å². The average Bonchev–Trinajstić information content (AvgIpc) is 1.88. The largest absolute Gasteiger partial charge is 1.00 e. The van der Waals surface area contributed by atoms with Crippen LogP contribution in [0.5, 0.6) is 0 Å². The van der Waals surface area contributed by atoms with E-state index in [2.05, 4.69) is 0 Å². The van der Waals surface area contributed by atoms with Gasteiger partial charge < -0.3 is 12.3 Å². The van der Waals surface area contributed by atoms with E-state index in [0.29, 0.717) is 5.69 Å². The molecule has 54 valence electrons. The van der Waals surface area contributed by atoms with Crippen LogP contribution in [-0.4, -0.2) is 11.1 Å². The van der Waals surface area contributed by atoms with E-state index in [9.17, 15) is 4.79 Å². The number of para-hydroxylation sites is 1. The molecule has 0 unspecified atom stereocenters. The molecule has 0 saturated carbocycles. The number of hydrogen-bond acceptors (Lipinski definition) is 2. The number of carbonyl (C=O) groups is 1. The molecule has 0 fully saturated rings. The summed E-state index contributed by atoms with van der Waals surface area (Å²) in [6.45, 7) is 0. The second-order valence-electron chi connectivity index (χ2n) is 1.89. The third-order valence-electron chi connectivity index (χ3n) is 1.19. The van der Waals surface area contributed by atoms with Gasteiger partial charge in [-0.2, -0.15) is 0 Å². The second-order valence-corrected chi connectivity index (χ2v) is 1.89. The summed E-state index contributed by atoms with van der Waals surface area (Å²) in [4.78, 5) is 10.3. The van der Waals surface area contributed by atoms with E-state index >= 15 is 0 Å². The first-order chi connectivity index (χ1) is 4.72. The van der Waals surface area contributed by atoms with Crippen molar-refractivity contribution >= 4 is 11.7 Å². The number of nitrogens with two attached hydrogens (primary N) is 1. The smallest absolute Gasteiger partial charge is 1.00 e. The predicted molar refractivity (Wildman–Crippen MR) is 38.9 cm³/mol. The van der Waals surface area contributed by atoms with E-state index in [0.717, 1.165) is 0 Å². The van der Waals surface area contributed by atoms with E-state index in [1.165, 1.54) is 6.07 Å². The van der Waals surface area contributed by atoms with Gasteiger partial charge in [-0.3, -0.25) is 0 Å². The molecule has 1 aromatic rings. The Hall–Kier alpha value is -0.510. The number of hydrogen-bond donors (Lipinski definition) is 2. The van der Waals surface area contributed by atoms with Gasteiger partial charge >= 0.3 is 35.5 Å². The topological polar surface area (TPSA) is 63.3 Å². The van der Waals surface area contributed by atoms with Gasteiger partial charge in [-0.1, -0.05) is 12.1 Å². The van der Waals surface area contributed by atoms with E-state index in [1.807, 2.05) is 0 Å². The summed E-state index contributed by atoms with van der Waals surface area (Å²) in [7, 11) is 0. The van der Waals surface area contributed by atoms with Gasteiger partial charge in [0.1, 0.15) is 0 Å². The van der Waals surface area contributed by atoms with Gasteiger partial charge in [-0.25, -0.2) is 4.79 Å². The monoisotopic (exact) mass is 161 g/mol. The Morgan fingerprint density at radius 3 is 2.36 bits per heavy atom. The molecule has 0 amide bonds. The normalized spacial score (nSPS) is 8.36. The summed E-state index contributed by atoms with van der Waals surface area (Å²) < 4.78 is 0.